The molecule has 0 aromatic heterocycles. The van der Waals surface area contributed by atoms with E-state index in [1.807, 2.05) is 36.4 Å². The standard InChI is InChI=1S/C18H24O2/c1-15(2)13-16(3)9-7-8-12-20-18(19)14-17-10-5-4-6-11-17/h4-6,8,10-13,15H,7,9,14H2,1-3H3/b12-8+,16-13+. The van der Waals surface area contributed by atoms with Gasteiger partial charge in [-0.05, 0) is 37.3 Å². The lowest BCUT2D eigenvalue weighted by molar-refractivity contribution is -0.137. The fourth-order valence-corrected chi connectivity index (χ4v) is 1.96. The first-order valence-electron chi connectivity index (χ1n) is 7.13. The maximum Gasteiger partial charge on any atom is 0.315 e. The summed E-state index contributed by atoms with van der Waals surface area (Å²) in [5.41, 5.74) is 2.35. The summed E-state index contributed by atoms with van der Waals surface area (Å²) in [5.74, 6) is 0.365. The van der Waals surface area contributed by atoms with Crippen molar-refractivity contribution < 1.29 is 9.53 Å². The normalized spacial score (nSPS) is 12.1. The van der Waals surface area contributed by atoms with Gasteiger partial charge in [-0.25, -0.2) is 0 Å². The predicted molar refractivity (Wildman–Crippen MR) is 83.2 cm³/mol. The summed E-state index contributed by atoms with van der Waals surface area (Å²) in [6, 6.07) is 9.61. The van der Waals surface area contributed by atoms with Gasteiger partial charge in [0.2, 0.25) is 0 Å². The molecule has 0 unspecified atom stereocenters. The highest BCUT2D eigenvalue weighted by atomic mass is 16.5. The van der Waals surface area contributed by atoms with Crippen LogP contribution in [-0.2, 0) is 16.0 Å². The molecular formula is C18H24O2. The fraction of sp³-hybridized carbons (Fsp3) is 0.389. The summed E-state index contributed by atoms with van der Waals surface area (Å²) >= 11 is 0. The third-order valence-corrected chi connectivity index (χ3v) is 2.81. The molecule has 0 aliphatic carbocycles. The smallest absolute Gasteiger partial charge is 0.315 e. The monoisotopic (exact) mass is 272 g/mol. The molecule has 2 heteroatoms. The summed E-state index contributed by atoms with van der Waals surface area (Å²) < 4.78 is 5.07. The van der Waals surface area contributed by atoms with Gasteiger partial charge in [-0.3, -0.25) is 4.79 Å². The van der Waals surface area contributed by atoms with Crippen molar-refractivity contribution in [3.05, 3.63) is 59.9 Å². The second-order valence-corrected chi connectivity index (χ2v) is 5.32. The molecule has 2 nitrogen and oxygen atoms in total. The number of ether oxygens (including phenoxy) is 1. The van der Waals surface area contributed by atoms with Crippen LogP contribution in [-0.4, -0.2) is 5.97 Å². The van der Waals surface area contributed by atoms with Gasteiger partial charge in [0.05, 0.1) is 12.7 Å². The van der Waals surface area contributed by atoms with Crippen LogP contribution in [0.5, 0.6) is 0 Å². The van der Waals surface area contributed by atoms with E-state index in [0.29, 0.717) is 12.3 Å². The number of benzene rings is 1. The number of esters is 1. The number of hydrogen-bond donors (Lipinski definition) is 0. The largest absolute Gasteiger partial charge is 0.435 e. The van der Waals surface area contributed by atoms with Crippen molar-refractivity contribution in [3.8, 4) is 0 Å². The van der Waals surface area contributed by atoms with Crippen molar-refractivity contribution in [1.29, 1.82) is 0 Å². The molecule has 108 valence electrons. The molecule has 0 saturated heterocycles. The Morgan fingerprint density at radius 2 is 1.95 bits per heavy atom. The summed E-state index contributed by atoms with van der Waals surface area (Å²) in [6.07, 6.45) is 7.89. The zero-order chi connectivity index (χ0) is 14.8. The number of carbonyl (C=O) groups excluding carboxylic acids is 1. The minimum absolute atomic E-state index is 0.220. The SMILES string of the molecule is C/C(=C\C(C)C)CC/C=C/OC(=O)Cc1ccccc1. The van der Waals surface area contributed by atoms with Crippen molar-refractivity contribution in [2.24, 2.45) is 5.92 Å². The number of hydrogen-bond acceptors (Lipinski definition) is 2. The maximum absolute atomic E-state index is 11.6. The Morgan fingerprint density at radius 3 is 2.60 bits per heavy atom. The molecular weight excluding hydrogens is 248 g/mol. The molecule has 0 N–H and O–H groups in total. The van der Waals surface area contributed by atoms with Crippen LogP contribution in [0, 0.1) is 5.92 Å². The molecule has 0 aliphatic heterocycles. The molecule has 0 atom stereocenters. The van der Waals surface area contributed by atoms with Gasteiger partial charge in [0.1, 0.15) is 0 Å². The molecule has 0 amide bonds. The van der Waals surface area contributed by atoms with Crippen molar-refractivity contribution in [1.82, 2.24) is 0 Å². The van der Waals surface area contributed by atoms with Crippen LogP contribution in [0.15, 0.2) is 54.3 Å². The quantitative estimate of drug-likeness (QED) is 0.409. The molecule has 20 heavy (non-hydrogen) atoms. The third-order valence-electron chi connectivity index (χ3n) is 2.81. The first-order valence-corrected chi connectivity index (χ1v) is 7.13. The Kier molecular flexibility index (Phi) is 7.41. The zero-order valence-electron chi connectivity index (χ0n) is 12.6. The summed E-state index contributed by atoms with van der Waals surface area (Å²) in [5, 5.41) is 0. The first-order chi connectivity index (χ1) is 9.58. The highest BCUT2D eigenvalue weighted by Crippen LogP contribution is 2.08. The van der Waals surface area contributed by atoms with E-state index in [-0.39, 0.29) is 5.97 Å². The van der Waals surface area contributed by atoms with Crippen LogP contribution in [0.4, 0.5) is 0 Å². The van der Waals surface area contributed by atoms with E-state index in [2.05, 4.69) is 26.8 Å². The Balaban J connectivity index is 2.23. The lowest BCUT2D eigenvalue weighted by Crippen LogP contribution is -2.03. The van der Waals surface area contributed by atoms with Crippen molar-refractivity contribution in [2.45, 2.75) is 40.0 Å². The van der Waals surface area contributed by atoms with E-state index < -0.39 is 0 Å². The molecule has 1 aromatic rings. The molecule has 0 aliphatic rings. The van der Waals surface area contributed by atoms with Gasteiger partial charge in [-0.2, -0.15) is 0 Å². The van der Waals surface area contributed by atoms with Crippen LogP contribution >= 0.6 is 0 Å². The Morgan fingerprint density at radius 1 is 1.25 bits per heavy atom. The summed E-state index contributed by atoms with van der Waals surface area (Å²) in [4.78, 5) is 11.6. The Labute approximate surface area is 122 Å². The molecule has 0 saturated carbocycles. The fourth-order valence-electron chi connectivity index (χ4n) is 1.96. The molecule has 1 rings (SSSR count). The molecule has 0 radical (unpaired) electrons. The van der Waals surface area contributed by atoms with E-state index >= 15 is 0 Å². The van der Waals surface area contributed by atoms with Gasteiger partial charge >= 0.3 is 5.97 Å². The summed E-state index contributed by atoms with van der Waals surface area (Å²) in [7, 11) is 0. The minimum Gasteiger partial charge on any atom is -0.435 e. The van der Waals surface area contributed by atoms with E-state index in [9.17, 15) is 4.79 Å². The zero-order valence-corrected chi connectivity index (χ0v) is 12.6. The molecule has 1 aromatic carbocycles. The number of rotatable bonds is 7. The highest BCUT2D eigenvalue weighted by Gasteiger charge is 2.01. The average molecular weight is 272 g/mol. The van der Waals surface area contributed by atoms with Gasteiger partial charge in [0.25, 0.3) is 0 Å². The predicted octanol–water partition coefficient (Wildman–Crippen LogP) is 4.67. The van der Waals surface area contributed by atoms with Crippen molar-refractivity contribution in [2.75, 3.05) is 0 Å². The Bertz CT molecular complexity index is 456. The number of carbonyl (C=O) groups is 1. The van der Waals surface area contributed by atoms with Crippen molar-refractivity contribution >= 4 is 5.97 Å². The van der Waals surface area contributed by atoms with Crippen LogP contribution in [0.25, 0.3) is 0 Å². The van der Waals surface area contributed by atoms with Gasteiger partial charge in [0.15, 0.2) is 0 Å². The third kappa shape index (κ3) is 7.57. The Hall–Kier alpha value is -1.83. The summed E-state index contributed by atoms with van der Waals surface area (Å²) in [6.45, 7) is 6.48. The van der Waals surface area contributed by atoms with Gasteiger partial charge in [-0.1, -0.05) is 55.8 Å². The lowest BCUT2D eigenvalue weighted by Gasteiger charge is -2.01. The molecule has 0 spiro atoms. The van der Waals surface area contributed by atoms with Crippen molar-refractivity contribution in [3.63, 3.8) is 0 Å². The van der Waals surface area contributed by atoms with Crippen LogP contribution in [0.2, 0.25) is 0 Å². The first kappa shape index (κ1) is 16.2. The average Bonchev–Trinajstić information content (AvgIpc) is 2.38. The van der Waals surface area contributed by atoms with E-state index in [4.69, 9.17) is 4.74 Å². The van der Waals surface area contributed by atoms with Gasteiger partial charge < -0.3 is 4.74 Å². The minimum atomic E-state index is -0.220. The van der Waals surface area contributed by atoms with Gasteiger partial charge in [-0.15, -0.1) is 0 Å². The van der Waals surface area contributed by atoms with Gasteiger partial charge in [0, 0.05) is 0 Å². The topological polar surface area (TPSA) is 26.3 Å². The maximum atomic E-state index is 11.6. The van der Waals surface area contributed by atoms with E-state index in [1.165, 1.54) is 11.8 Å². The lowest BCUT2D eigenvalue weighted by atomic mass is 10.1. The van der Waals surface area contributed by atoms with Crippen LogP contribution < -0.4 is 0 Å². The number of allylic oxidation sites excluding steroid dienone is 3. The molecule has 0 fully saturated rings. The second-order valence-electron chi connectivity index (χ2n) is 5.32. The molecule has 0 heterocycles. The van der Waals surface area contributed by atoms with E-state index in [0.717, 1.165) is 18.4 Å². The van der Waals surface area contributed by atoms with Crippen LogP contribution in [0.3, 0.4) is 0 Å². The second kappa shape index (κ2) is 9.13. The van der Waals surface area contributed by atoms with E-state index in [1.54, 1.807) is 0 Å². The molecule has 0 bridgehead atoms. The highest BCUT2D eigenvalue weighted by molar-refractivity contribution is 5.73. The van der Waals surface area contributed by atoms with Crippen LogP contribution in [0.1, 0.15) is 39.2 Å².